The average Bonchev–Trinajstić information content (AvgIpc) is 2.43. The van der Waals surface area contributed by atoms with Crippen LogP contribution in [0.3, 0.4) is 0 Å². The lowest BCUT2D eigenvalue weighted by molar-refractivity contribution is -0.132. The van der Waals surface area contributed by atoms with Gasteiger partial charge in [0.1, 0.15) is 12.1 Å². The molecular weight excluding hydrogens is 276 g/mol. The standard InChI is InChI=1S/C13H26N4O4/c1-5-10(18)17-11(8(2)3)13(20)16-9(4)12(19)14-6-7-15-21/h8-9,11,15,21H,5-7H2,1-4H3,(H,14,19)(H,16,20)(H,17,18)/t9-,11-/m0/s1. The third kappa shape index (κ3) is 7.62. The summed E-state index contributed by atoms with van der Waals surface area (Å²) < 4.78 is 0. The van der Waals surface area contributed by atoms with Crippen molar-refractivity contribution in [3.05, 3.63) is 0 Å². The molecule has 21 heavy (non-hydrogen) atoms. The summed E-state index contributed by atoms with van der Waals surface area (Å²) in [6, 6.07) is -1.40. The molecule has 5 N–H and O–H groups in total. The summed E-state index contributed by atoms with van der Waals surface area (Å²) in [6.45, 7) is 7.35. The summed E-state index contributed by atoms with van der Waals surface area (Å²) in [5.74, 6) is -1.05. The second-order valence-corrected chi connectivity index (χ2v) is 5.07. The van der Waals surface area contributed by atoms with Crippen molar-refractivity contribution < 1.29 is 19.6 Å². The lowest BCUT2D eigenvalue weighted by Crippen LogP contribution is -2.54. The molecule has 122 valence electrons. The molecule has 0 unspecified atom stereocenters. The Morgan fingerprint density at radius 2 is 1.62 bits per heavy atom. The van der Waals surface area contributed by atoms with E-state index in [0.717, 1.165) is 0 Å². The molecule has 0 aromatic carbocycles. The van der Waals surface area contributed by atoms with Gasteiger partial charge in [0.15, 0.2) is 0 Å². The Bertz CT molecular complexity index is 360. The molecule has 0 radical (unpaired) electrons. The molecule has 8 heteroatoms. The van der Waals surface area contributed by atoms with Crippen LogP contribution in [0.5, 0.6) is 0 Å². The molecule has 0 aromatic rings. The molecule has 2 atom stereocenters. The predicted octanol–water partition coefficient (Wildman–Crippen LogP) is -0.863. The smallest absolute Gasteiger partial charge is 0.243 e. The number of nitrogens with one attached hydrogen (secondary N) is 4. The fourth-order valence-corrected chi connectivity index (χ4v) is 1.57. The van der Waals surface area contributed by atoms with Gasteiger partial charge in [-0.05, 0) is 12.8 Å². The van der Waals surface area contributed by atoms with Gasteiger partial charge in [0.05, 0.1) is 0 Å². The van der Waals surface area contributed by atoms with E-state index in [-0.39, 0.29) is 30.8 Å². The number of amides is 3. The molecule has 0 heterocycles. The van der Waals surface area contributed by atoms with Crippen LogP contribution in [0.2, 0.25) is 0 Å². The molecule has 0 aliphatic carbocycles. The van der Waals surface area contributed by atoms with Gasteiger partial charge in [-0.15, -0.1) is 0 Å². The maximum Gasteiger partial charge on any atom is 0.243 e. The fourth-order valence-electron chi connectivity index (χ4n) is 1.57. The minimum absolute atomic E-state index is 0.0886. The highest BCUT2D eigenvalue weighted by atomic mass is 16.5. The van der Waals surface area contributed by atoms with E-state index in [1.807, 2.05) is 19.3 Å². The number of hydroxylamine groups is 1. The molecule has 8 nitrogen and oxygen atoms in total. The van der Waals surface area contributed by atoms with E-state index in [4.69, 9.17) is 5.21 Å². The van der Waals surface area contributed by atoms with Crippen LogP contribution in [-0.2, 0) is 14.4 Å². The second-order valence-electron chi connectivity index (χ2n) is 5.07. The lowest BCUT2D eigenvalue weighted by atomic mass is 10.0. The minimum Gasteiger partial charge on any atom is -0.353 e. The summed E-state index contributed by atoms with van der Waals surface area (Å²) in [7, 11) is 0. The first kappa shape index (κ1) is 19.3. The highest BCUT2D eigenvalue weighted by molar-refractivity contribution is 5.91. The highest BCUT2D eigenvalue weighted by Crippen LogP contribution is 2.03. The normalized spacial score (nSPS) is 13.4. The van der Waals surface area contributed by atoms with Gasteiger partial charge in [-0.25, -0.2) is 5.48 Å². The van der Waals surface area contributed by atoms with E-state index < -0.39 is 18.0 Å². The monoisotopic (exact) mass is 302 g/mol. The van der Waals surface area contributed by atoms with Crippen LogP contribution >= 0.6 is 0 Å². The third-order valence-corrected chi connectivity index (χ3v) is 2.87. The van der Waals surface area contributed by atoms with E-state index in [9.17, 15) is 14.4 Å². The lowest BCUT2D eigenvalue weighted by Gasteiger charge is -2.23. The van der Waals surface area contributed by atoms with E-state index >= 15 is 0 Å². The topological polar surface area (TPSA) is 120 Å². The molecule has 0 aliphatic rings. The summed E-state index contributed by atoms with van der Waals surface area (Å²) in [5.41, 5.74) is 1.91. The van der Waals surface area contributed by atoms with Crippen LogP contribution in [0.4, 0.5) is 0 Å². The molecule has 0 aliphatic heterocycles. The quantitative estimate of drug-likeness (QED) is 0.280. The zero-order chi connectivity index (χ0) is 16.4. The van der Waals surface area contributed by atoms with Gasteiger partial charge in [-0.1, -0.05) is 20.8 Å². The van der Waals surface area contributed by atoms with Crippen LogP contribution in [0.1, 0.15) is 34.1 Å². The molecule has 0 saturated heterocycles. The maximum absolute atomic E-state index is 12.1. The highest BCUT2D eigenvalue weighted by Gasteiger charge is 2.26. The van der Waals surface area contributed by atoms with E-state index in [1.54, 1.807) is 13.8 Å². The van der Waals surface area contributed by atoms with Gasteiger partial charge in [-0.3, -0.25) is 14.4 Å². The Hall–Kier alpha value is -1.67. The van der Waals surface area contributed by atoms with Crippen LogP contribution in [0.15, 0.2) is 0 Å². The Balaban J connectivity index is 4.46. The van der Waals surface area contributed by atoms with Crippen molar-refractivity contribution in [1.82, 2.24) is 21.4 Å². The number of hydrogen-bond acceptors (Lipinski definition) is 5. The Labute approximate surface area is 125 Å². The summed E-state index contributed by atoms with van der Waals surface area (Å²) in [6.07, 6.45) is 0.292. The van der Waals surface area contributed by atoms with Crippen molar-refractivity contribution in [3.63, 3.8) is 0 Å². The molecule has 0 spiro atoms. The maximum atomic E-state index is 12.1. The second kappa shape index (κ2) is 10.1. The Kier molecular flexibility index (Phi) is 9.31. The number of carbonyl (C=O) groups excluding carboxylic acids is 3. The van der Waals surface area contributed by atoms with Crippen molar-refractivity contribution in [3.8, 4) is 0 Å². The molecule has 0 bridgehead atoms. The van der Waals surface area contributed by atoms with E-state index in [1.165, 1.54) is 0 Å². The predicted molar refractivity (Wildman–Crippen MR) is 77.5 cm³/mol. The van der Waals surface area contributed by atoms with Gasteiger partial charge in [0, 0.05) is 19.5 Å². The van der Waals surface area contributed by atoms with Crippen LogP contribution in [0.25, 0.3) is 0 Å². The SMILES string of the molecule is CCC(=O)N[C@H](C(=O)N[C@@H](C)C(=O)NCCNO)C(C)C. The molecule has 0 fully saturated rings. The van der Waals surface area contributed by atoms with Gasteiger partial charge in [-0.2, -0.15) is 0 Å². The third-order valence-electron chi connectivity index (χ3n) is 2.87. The van der Waals surface area contributed by atoms with Gasteiger partial charge in [0.2, 0.25) is 17.7 Å². The first-order valence-electron chi connectivity index (χ1n) is 7.07. The number of carbonyl (C=O) groups is 3. The summed E-state index contributed by atoms with van der Waals surface area (Å²) in [5, 5.41) is 16.1. The average molecular weight is 302 g/mol. The Morgan fingerprint density at radius 1 is 1.00 bits per heavy atom. The van der Waals surface area contributed by atoms with Crippen molar-refractivity contribution >= 4 is 17.7 Å². The zero-order valence-corrected chi connectivity index (χ0v) is 13.0. The number of rotatable bonds is 9. The van der Waals surface area contributed by atoms with Crippen molar-refractivity contribution in [1.29, 1.82) is 0 Å². The fraction of sp³-hybridized carbons (Fsp3) is 0.769. The first-order chi connectivity index (χ1) is 9.83. The van der Waals surface area contributed by atoms with E-state index in [2.05, 4.69) is 16.0 Å². The molecule has 3 amide bonds. The molecule has 0 rings (SSSR count). The van der Waals surface area contributed by atoms with Crippen LogP contribution in [0, 0.1) is 5.92 Å². The molecule has 0 aromatic heterocycles. The van der Waals surface area contributed by atoms with Gasteiger partial charge < -0.3 is 21.2 Å². The largest absolute Gasteiger partial charge is 0.353 e. The summed E-state index contributed by atoms with van der Waals surface area (Å²) in [4.78, 5) is 35.2. The van der Waals surface area contributed by atoms with Crippen LogP contribution in [-0.4, -0.2) is 48.1 Å². The van der Waals surface area contributed by atoms with Gasteiger partial charge in [0.25, 0.3) is 0 Å². The molecular formula is C13H26N4O4. The first-order valence-corrected chi connectivity index (χ1v) is 7.07. The van der Waals surface area contributed by atoms with Crippen LogP contribution < -0.4 is 21.4 Å². The zero-order valence-electron chi connectivity index (χ0n) is 13.0. The molecule has 0 saturated carbocycles. The summed E-state index contributed by atoms with van der Waals surface area (Å²) >= 11 is 0. The van der Waals surface area contributed by atoms with Crippen molar-refractivity contribution in [2.24, 2.45) is 5.92 Å². The minimum atomic E-state index is -0.726. The van der Waals surface area contributed by atoms with Crippen molar-refractivity contribution in [2.75, 3.05) is 13.1 Å². The number of hydrogen-bond donors (Lipinski definition) is 5. The van der Waals surface area contributed by atoms with E-state index in [0.29, 0.717) is 6.42 Å². The Morgan fingerprint density at radius 3 is 2.10 bits per heavy atom. The van der Waals surface area contributed by atoms with Gasteiger partial charge >= 0.3 is 0 Å². The van der Waals surface area contributed by atoms with Crippen molar-refractivity contribution in [2.45, 2.75) is 46.2 Å².